The first-order chi connectivity index (χ1) is 10.8. The van der Waals surface area contributed by atoms with Crippen LogP contribution in [0.5, 0.6) is 5.75 Å². The molecule has 0 saturated carbocycles. The van der Waals surface area contributed by atoms with E-state index in [1.807, 2.05) is 0 Å². The van der Waals surface area contributed by atoms with E-state index in [9.17, 15) is 18.0 Å². The summed E-state index contributed by atoms with van der Waals surface area (Å²) in [6.45, 7) is 0.139. The highest BCUT2D eigenvalue weighted by atomic mass is 32.2. The Hall–Kier alpha value is -2.13. The number of sulfonamides is 1. The van der Waals surface area contributed by atoms with E-state index in [0.717, 1.165) is 4.31 Å². The molecule has 8 nitrogen and oxygen atoms in total. The zero-order chi connectivity index (χ0) is 17.2. The van der Waals surface area contributed by atoms with Crippen LogP contribution in [0.4, 0.5) is 0 Å². The standard InChI is InChI=1S/C14H17NO7S/c1-21-12-8-9(5-6-10(12)14(18)22-2)23(19,20)15-7-3-4-11(15)13(16)17/h5-6,8,11H,3-4,7H2,1-2H3,(H,16,17)/t11-/m0/s1. The van der Waals surface area contributed by atoms with Gasteiger partial charge in [-0.15, -0.1) is 0 Å². The highest BCUT2D eigenvalue weighted by Gasteiger charge is 2.39. The Morgan fingerprint density at radius 1 is 1.30 bits per heavy atom. The molecule has 1 atom stereocenters. The number of hydrogen-bond acceptors (Lipinski definition) is 6. The summed E-state index contributed by atoms with van der Waals surface area (Å²) in [6.07, 6.45) is 0.750. The molecule has 1 saturated heterocycles. The zero-order valence-corrected chi connectivity index (χ0v) is 13.5. The second-order valence-electron chi connectivity index (χ2n) is 4.97. The van der Waals surface area contributed by atoms with Crippen LogP contribution in [0.3, 0.4) is 0 Å². The Kier molecular flexibility index (Phi) is 4.90. The maximum absolute atomic E-state index is 12.7. The third-order valence-corrected chi connectivity index (χ3v) is 5.58. The minimum absolute atomic E-state index is 0.0454. The molecular weight excluding hydrogens is 326 g/mol. The molecule has 2 rings (SSSR count). The molecule has 0 aliphatic carbocycles. The van der Waals surface area contributed by atoms with Crippen LogP contribution in [-0.4, -0.2) is 56.6 Å². The largest absolute Gasteiger partial charge is 0.496 e. The first-order valence-corrected chi connectivity index (χ1v) is 8.28. The number of rotatable bonds is 5. The summed E-state index contributed by atoms with van der Waals surface area (Å²) in [4.78, 5) is 22.7. The highest BCUT2D eigenvalue weighted by Crippen LogP contribution is 2.30. The lowest BCUT2D eigenvalue weighted by Gasteiger charge is -2.21. The average Bonchev–Trinajstić information content (AvgIpc) is 3.04. The fourth-order valence-corrected chi connectivity index (χ4v) is 4.19. The van der Waals surface area contributed by atoms with Gasteiger partial charge in [-0.3, -0.25) is 4.79 Å². The number of hydrogen-bond donors (Lipinski definition) is 1. The number of carbonyl (C=O) groups excluding carboxylic acids is 1. The van der Waals surface area contributed by atoms with Crippen molar-refractivity contribution in [3.8, 4) is 5.75 Å². The number of carbonyl (C=O) groups is 2. The molecule has 1 heterocycles. The van der Waals surface area contributed by atoms with Crippen LogP contribution in [0.25, 0.3) is 0 Å². The van der Waals surface area contributed by atoms with E-state index in [0.29, 0.717) is 6.42 Å². The molecule has 0 radical (unpaired) electrons. The number of carboxylic acids is 1. The molecule has 1 fully saturated rings. The van der Waals surface area contributed by atoms with E-state index in [1.54, 1.807) is 0 Å². The lowest BCUT2D eigenvalue weighted by Crippen LogP contribution is -2.40. The number of aliphatic carboxylic acids is 1. The molecule has 1 aromatic carbocycles. The summed E-state index contributed by atoms with van der Waals surface area (Å²) in [6, 6.07) is 2.63. The summed E-state index contributed by atoms with van der Waals surface area (Å²) >= 11 is 0. The van der Waals surface area contributed by atoms with Crippen molar-refractivity contribution in [2.24, 2.45) is 0 Å². The third kappa shape index (κ3) is 3.15. The lowest BCUT2D eigenvalue weighted by atomic mass is 10.2. The highest BCUT2D eigenvalue weighted by molar-refractivity contribution is 7.89. The van der Waals surface area contributed by atoms with Gasteiger partial charge in [-0.2, -0.15) is 4.31 Å². The monoisotopic (exact) mass is 343 g/mol. The molecule has 1 N–H and O–H groups in total. The number of carboxylic acid groups (broad SMARTS) is 1. The smallest absolute Gasteiger partial charge is 0.341 e. The van der Waals surface area contributed by atoms with Crippen LogP contribution in [0, 0.1) is 0 Å². The van der Waals surface area contributed by atoms with Gasteiger partial charge in [-0.25, -0.2) is 13.2 Å². The van der Waals surface area contributed by atoms with Gasteiger partial charge in [-0.05, 0) is 25.0 Å². The number of benzene rings is 1. The van der Waals surface area contributed by atoms with E-state index < -0.39 is 28.0 Å². The molecule has 1 aliphatic heterocycles. The summed E-state index contributed by atoms with van der Waals surface area (Å²) in [5.41, 5.74) is 0.0881. The molecule has 0 spiro atoms. The van der Waals surface area contributed by atoms with Gasteiger partial charge in [0.15, 0.2) is 0 Å². The van der Waals surface area contributed by atoms with Gasteiger partial charge in [0.1, 0.15) is 17.4 Å². The molecule has 0 unspecified atom stereocenters. The van der Waals surface area contributed by atoms with Crippen molar-refractivity contribution in [1.82, 2.24) is 4.31 Å². The van der Waals surface area contributed by atoms with Crippen LogP contribution in [0.2, 0.25) is 0 Å². The van der Waals surface area contributed by atoms with Crippen LogP contribution < -0.4 is 4.74 Å². The van der Waals surface area contributed by atoms with E-state index in [-0.39, 0.29) is 29.2 Å². The summed E-state index contributed by atoms with van der Waals surface area (Å²) in [5, 5.41) is 9.15. The van der Waals surface area contributed by atoms with Crippen molar-refractivity contribution in [2.75, 3.05) is 20.8 Å². The zero-order valence-electron chi connectivity index (χ0n) is 12.7. The van der Waals surface area contributed by atoms with Gasteiger partial charge in [0.05, 0.1) is 19.1 Å². The van der Waals surface area contributed by atoms with Crippen LogP contribution >= 0.6 is 0 Å². The fourth-order valence-electron chi connectivity index (χ4n) is 2.52. The SMILES string of the molecule is COC(=O)c1ccc(S(=O)(=O)N2CCC[C@H]2C(=O)O)cc1OC. The summed E-state index contributed by atoms with van der Waals surface area (Å²) in [7, 11) is -1.49. The van der Waals surface area contributed by atoms with Gasteiger partial charge >= 0.3 is 11.9 Å². The topological polar surface area (TPSA) is 110 Å². The van der Waals surface area contributed by atoms with Gasteiger partial charge < -0.3 is 14.6 Å². The third-order valence-electron chi connectivity index (χ3n) is 3.67. The van der Waals surface area contributed by atoms with Gasteiger partial charge in [0.2, 0.25) is 10.0 Å². The molecule has 0 amide bonds. The number of nitrogens with zero attached hydrogens (tertiary/aromatic N) is 1. The number of ether oxygens (including phenoxy) is 2. The molecule has 0 aromatic heterocycles. The Morgan fingerprint density at radius 3 is 2.57 bits per heavy atom. The maximum atomic E-state index is 12.7. The predicted molar refractivity (Wildman–Crippen MR) is 78.9 cm³/mol. The van der Waals surface area contributed by atoms with Crippen molar-refractivity contribution >= 4 is 22.0 Å². The minimum atomic E-state index is -3.99. The van der Waals surface area contributed by atoms with Crippen molar-refractivity contribution < 1.29 is 32.6 Å². The van der Waals surface area contributed by atoms with Crippen LogP contribution in [-0.2, 0) is 19.6 Å². The van der Waals surface area contributed by atoms with Crippen molar-refractivity contribution in [2.45, 2.75) is 23.8 Å². The molecular formula is C14H17NO7S. The van der Waals surface area contributed by atoms with E-state index >= 15 is 0 Å². The van der Waals surface area contributed by atoms with Crippen LogP contribution in [0.1, 0.15) is 23.2 Å². The molecule has 23 heavy (non-hydrogen) atoms. The van der Waals surface area contributed by atoms with Crippen molar-refractivity contribution in [1.29, 1.82) is 0 Å². The Bertz CT molecular complexity index is 729. The molecule has 1 aromatic rings. The van der Waals surface area contributed by atoms with E-state index in [1.165, 1.54) is 32.4 Å². The first-order valence-electron chi connectivity index (χ1n) is 6.84. The lowest BCUT2D eigenvalue weighted by molar-refractivity contribution is -0.140. The normalized spacial score (nSPS) is 18.6. The Balaban J connectivity index is 2.44. The molecule has 0 bridgehead atoms. The van der Waals surface area contributed by atoms with E-state index in [4.69, 9.17) is 9.84 Å². The maximum Gasteiger partial charge on any atom is 0.341 e. The van der Waals surface area contributed by atoms with Crippen molar-refractivity contribution in [3.05, 3.63) is 23.8 Å². The molecule has 9 heteroatoms. The molecule has 126 valence electrons. The number of methoxy groups -OCH3 is 2. The Labute approximate surface area is 133 Å². The van der Waals surface area contributed by atoms with Crippen LogP contribution in [0.15, 0.2) is 23.1 Å². The fraction of sp³-hybridized carbons (Fsp3) is 0.429. The first kappa shape index (κ1) is 17.2. The summed E-state index contributed by atoms with van der Waals surface area (Å²) in [5.74, 6) is -1.79. The van der Waals surface area contributed by atoms with Crippen molar-refractivity contribution in [3.63, 3.8) is 0 Å². The second-order valence-corrected chi connectivity index (χ2v) is 6.86. The minimum Gasteiger partial charge on any atom is -0.496 e. The average molecular weight is 343 g/mol. The second kappa shape index (κ2) is 6.55. The quantitative estimate of drug-likeness (QED) is 0.784. The number of esters is 1. The predicted octanol–water partition coefficient (Wildman–Crippen LogP) is 0.719. The van der Waals surface area contributed by atoms with Gasteiger partial charge in [0.25, 0.3) is 0 Å². The van der Waals surface area contributed by atoms with E-state index in [2.05, 4.69) is 4.74 Å². The molecule has 1 aliphatic rings. The van der Waals surface area contributed by atoms with Gasteiger partial charge in [-0.1, -0.05) is 0 Å². The van der Waals surface area contributed by atoms with Gasteiger partial charge in [0, 0.05) is 12.6 Å². The summed E-state index contributed by atoms with van der Waals surface area (Å²) < 4.78 is 35.9. The Morgan fingerprint density at radius 2 is 2.00 bits per heavy atom.